The van der Waals surface area contributed by atoms with Gasteiger partial charge in [-0.25, -0.2) is 4.68 Å². The highest BCUT2D eigenvalue weighted by atomic mass is 32.1. The van der Waals surface area contributed by atoms with Gasteiger partial charge in [-0.3, -0.25) is 14.7 Å². The van der Waals surface area contributed by atoms with E-state index in [9.17, 15) is 4.79 Å². The van der Waals surface area contributed by atoms with Crippen molar-refractivity contribution in [1.29, 1.82) is 0 Å². The van der Waals surface area contributed by atoms with Gasteiger partial charge < -0.3 is 4.90 Å². The van der Waals surface area contributed by atoms with Crippen molar-refractivity contribution in [3.8, 4) is 5.69 Å². The molecule has 0 spiro atoms. The van der Waals surface area contributed by atoms with E-state index in [2.05, 4.69) is 34.1 Å². The van der Waals surface area contributed by atoms with Gasteiger partial charge in [0.2, 0.25) is 0 Å². The Bertz CT molecular complexity index is 1480. The van der Waals surface area contributed by atoms with Crippen molar-refractivity contribution in [2.45, 2.75) is 13.5 Å². The monoisotopic (exact) mass is 467 g/mol. The van der Waals surface area contributed by atoms with E-state index in [0.29, 0.717) is 0 Å². The predicted octanol–water partition coefficient (Wildman–Crippen LogP) is 4.90. The van der Waals surface area contributed by atoms with Crippen LogP contribution in [0.2, 0.25) is 0 Å². The van der Waals surface area contributed by atoms with E-state index in [0.717, 1.165) is 64.7 Å². The molecule has 1 fully saturated rings. The lowest BCUT2D eigenvalue weighted by atomic mass is 10.1. The topological polar surface area (TPSA) is 54.3 Å². The van der Waals surface area contributed by atoms with Gasteiger partial charge in [-0.05, 0) is 36.8 Å². The number of carbonyl (C=O) groups excluding carboxylic acids is 1. The lowest BCUT2D eigenvalue weighted by molar-refractivity contribution is 0.0633. The van der Waals surface area contributed by atoms with Gasteiger partial charge >= 0.3 is 0 Å². The molecule has 0 radical (unpaired) electrons. The fraction of sp³-hybridized carbons (Fsp3) is 0.222. The normalized spacial score (nSPS) is 14.8. The van der Waals surface area contributed by atoms with Crippen molar-refractivity contribution in [3.63, 3.8) is 0 Å². The third-order valence-electron chi connectivity index (χ3n) is 6.53. The van der Waals surface area contributed by atoms with Crippen LogP contribution < -0.4 is 0 Å². The molecule has 1 aliphatic rings. The number of rotatable bonds is 4. The highest BCUT2D eigenvalue weighted by Gasteiger charge is 2.25. The second-order valence-corrected chi connectivity index (χ2v) is 9.75. The number of benzene rings is 2. The lowest BCUT2D eigenvalue weighted by Crippen LogP contribution is -2.48. The molecule has 170 valence electrons. The highest BCUT2D eigenvalue weighted by molar-refractivity contribution is 7.20. The van der Waals surface area contributed by atoms with Crippen molar-refractivity contribution in [2.24, 2.45) is 0 Å². The summed E-state index contributed by atoms with van der Waals surface area (Å²) in [6, 6.07) is 22.5. The summed E-state index contributed by atoms with van der Waals surface area (Å²) in [5.74, 6) is 0.117. The van der Waals surface area contributed by atoms with Gasteiger partial charge in [-0.1, -0.05) is 42.5 Å². The molecule has 3 aromatic heterocycles. The number of para-hydroxylation sites is 2. The molecule has 1 aliphatic heterocycles. The van der Waals surface area contributed by atoms with Gasteiger partial charge in [0.15, 0.2) is 0 Å². The summed E-state index contributed by atoms with van der Waals surface area (Å²) in [5.41, 5.74) is 4.26. The van der Waals surface area contributed by atoms with Gasteiger partial charge in [0.1, 0.15) is 4.83 Å². The molecule has 0 aliphatic carbocycles. The number of piperazine rings is 1. The Hall–Kier alpha value is -3.55. The predicted molar refractivity (Wildman–Crippen MR) is 137 cm³/mol. The zero-order valence-electron chi connectivity index (χ0n) is 19.0. The number of hydrogen-bond acceptors (Lipinski definition) is 5. The Balaban J connectivity index is 1.17. The molecule has 2 aromatic carbocycles. The molecule has 0 saturated carbocycles. The number of fused-ring (bicyclic) bond motifs is 2. The highest BCUT2D eigenvalue weighted by Crippen LogP contribution is 2.31. The zero-order chi connectivity index (χ0) is 23.1. The summed E-state index contributed by atoms with van der Waals surface area (Å²) < 4.78 is 1.95. The molecule has 1 saturated heterocycles. The fourth-order valence-electron chi connectivity index (χ4n) is 4.70. The van der Waals surface area contributed by atoms with Crippen LogP contribution in [0.15, 0.2) is 72.9 Å². The van der Waals surface area contributed by atoms with Crippen LogP contribution in [0.3, 0.4) is 0 Å². The average molecular weight is 468 g/mol. The van der Waals surface area contributed by atoms with Crippen molar-refractivity contribution >= 4 is 38.4 Å². The number of nitrogens with zero attached hydrogens (tertiary/aromatic N) is 5. The molecule has 0 unspecified atom stereocenters. The van der Waals surface area contributed by atoms with Crippen LogP contribution in [-0.2, 0) is 6.54 Å². The minimum atomic E-state index is 0.117. The van der Waals surface area contributed by atoms with Crippen LogP contribution in [-0.4, -0.2) is 56.7 Å². The Kier molecular flexibility index (Phi) is 5.36. The molecule has 6 rings (SSSR count). The molecule has 6 nitrogen and oxygen atoms in total. The van der Waals surface area contributed by atoms with Gasteiger partial charge in [0.05, 0.1) is 21.8 Å². The van der Waals surface area contributed by atoms with Gasteiger partial charge in [-0.2, -0.15) is 5.10 Å². The number of pyridine rings is 1. The van der Waals surface area contributed by atoms with Crippen LogP contribution >= 0.6 is 11.3 Å². The minimum absolute atomic E-state index is 0.117. The van der Waals surface area contributed by atoms with Crippen LogP contribution in [0.5, 0.6) is 0 Å². The Morgan fingerprint density at radius 1 is 0.971 bits per heavy atom. The van der Waals surface area contributed by atoms with E-state index in [4.69, 9.17) is 5.10 Å². The SMILES string of the molecule is Cc1nn(-c2ccccc2)c2sc(C(=O)N3CCN(Cc4cccc5cccnc45)CC3)cc12. The maximum absolute atomic E-state index is 13.3. The average Bonchev–Trinajstić information content (AvgIpc) is 3.45. The summed E-state index contributed by atoms with van der Waals surface area (Å²) in [5, 5.41) is 6.92. The van der Waals surface area contributed by atoms with Crippen molar-refractivity contribution in [2.75, 3.05) is 26.2 Å². The van der Waals surface area contributed by atoms with Gasteiger partial charge in [0, 0.05) is 49.7 Å². The number of amides is 1. The number of aromatic nitrogens is 3. The maximum Gasteiger partial charge on any atom is 0.264 e. The summed E-state index contributed by atoms with van der Waals surface area (Å²) in [4.78, 5) is 24.1. The molecule has 5 aromatic rings. The standard InChI is InChI=1S/C27H25N5OS/c1-19-23-17-24(34-27(23)32(29-19)22-10-3-2-4-11-22)26(33)31-15-13-30(14-16-31)18-21-8-5-7-20-9-6-12-28-25(20)21/h2-12,17H,13-16,18H2,1H3. The number of aryl methyl sites for hydroxylation is 1. The van der Waals surface area contributed by atoms with E-state index in [1.54, 1.807) is 0 Å². The van der Waals surface area contributed by atoms with E-state index in [1.165, 1.54) is 22.3 Å². The summed E-state index contributed by atoms with van der Waals surface area (Å²) in [7, 11) is 0. The van der Waals surface area contributed by atoms with Crippen LogP contribution in [0.1, 0.15) is 20.9 Å². The van der Waals surface area contributed by atoms with Crippen molar-refractivity contribution in [1.82, 2.24) is 24.6 Å². The maximum atomic E-state index is 13.3. The first-order valence-corrected chi connectivity index (χ1v) is 12.4. The molecular formula is C27H25N5OS. The largest absolute Gasteiger partial charge is 0.335 e. The molecule has 34 heavy (non-hydrogen) atoms. The fourth-order valence-corrected chi connectivity index (χ4v) is 5.85. The van der Waals surface area contributed by atoms with E-state index in [1.807, 2.05) is 65.2 Å². The molecule has 4 heterocycles. The number of carbonyl (C=O) groups is 1. The molecule has 0 bridgehead atoms. The number of hydrogen-bond donors (Lipinski definition) is 0. The third kappa shape index (κ3) is 3.77. The van der Waals surface area contributed by atoms with E-state index < -0.39 is 0 Å². The van der Waals surface area contributed by atoms with E-state index in [-0.39, 0.29) is 5.91 Å². The first kappa shape index (κ1) is 21.0. The summed E-state index contributed by atoms with van der Waals surface area (Å²) in [6.45, 7) is 6.03. The smallest absolute Gasteiger partial charge is 0.264 e. The quantitative estimate of drug-likeness (QED) is 0.377. The lowest BCUT2D eigenvalue weighted by Gasteiger charge is -2.34. The Morgan fingerprint density at radius 2 is 1.76 bits per heavy atom. The van der Waals surface area contributed by atoms with Crippen LogP contribution in [0, 0.1) is 6.92 Å². The van der Waals surface area contributed by atoms with Crippen LogP contribution in [0.25, 0.3) is 26.8 Å². The summed E-state index contributed by atoms with van der Waals surface area (Å²) >= 11 is 1.53. The second-order valence-electron chi connectivity index (χ2n) is 8.72. The first-order chi connectivity index (χ1) is 16.7. The Morgan fingerprint density at radius 3 is 2.59 bits per heavy atom. The zero-order valence-corrected chi connectivity index (χ0v) is 19.8. The molecule has 7 heteroatoms. The molecule has 0 N–H and O–H groups in total. The van der Waals surface area contributed by atoms with E-state index >= 15 is 0 Å². The van der Waals surface area contributed by atoms with Gasteiger partial charge in [-0.15, -0.1) is 11.3 Å². The van der Waals surface area contributed by atoms with Crippen molar-refractivity contribution < 1.29 is 4.79 Å². The summed E-state index contributed by atoms with van der Waals surface area (Å²) in [6.07, 6.45) is 1.85. The van der Waals surface area contributed by atoms with Crippen LogP contribution in [0.4, 0.5) is 0 Å². The molecule has 0 atom stereocenters. The first-order valence-electron chi connectivity index (χ1n) is 11.6. The molecule has 1 amide bonds. The third-order valence-corrected chi connectivity index (χ3v) is 7.62. The second kappa shape index (κ2) is 8.66. The molecular weight excluding hydrogens is 442 g/mol. The van der Waals surface area contributed by atoms with Gasteiger partial charge in [0.25, 0.3) is 5.91 Å². The van der Waals surface area contributed by atoms with Crippen molar-refractivity contribution in [3.05, 3.63) is 89.1 Å². The minimum Gasteiger partial charge on any atom is -0.335 e. The number of thiophene rings is 1. The Labute approximate surface area is 202 Å².